The Hall–Kier alpha value is -2.86. The standard InChI is InChI=1S/C21H20N2O3S/c1-21(2)15-23(20-10-6-7-13-22-20)18-14-17(11-12-19(18)26-21)27(24,25)16-8-4-3-5-9-16/h3-14H,15H2,1-2H3. The summed E-state index contributed by atoms with van der Waals surface area (Å²) in [5.74, 6) is 1.40. The van der Waals surface area contributed by atoms with Gasteiger partial charge in [-0.25, -0.2) is 13.4 Å². The number of anilines is 2. The topological polar surface area (TPSA) is 59.5 Å². The van der Waals surface area contributed by atoms with Crippen molar-refractivity contribution in [3.63, 3.8) is 0 Å². The lowest BCUT2D eigenvalue weighted by Gasteiger charge is -2.40. The largest absolute Gasteiger partial charge is 0.484 e. The summed E-state index contributed by atoms with van der Waals surface area (Å²) in [6.07, 6.45) is 1.72. The predicted octanol–water partition coefficient (Wildman–Crippen LogP) is 4.22. The van der Waals surface area contributed by atoms with E-state index in [4.69, 9.17) is 4.74 Å². The zero-order valence-electron chi connectivity index (χ0n) is 15.2. The van der Waals surface area contributed by atoms with Gasteiger partial charge in [0.2, 0.25) is 9.84 Å². The van der Waals surface area contributed by atoms with Crippen LogP contribution >= 0.6 is 0 Å². The van der Waals surface area contributed by atoms with Crippen LogP contribution in [-0.2, 0) is 9.84 Å². The average molecular weight is 380 g/mol. The van der Waals surface area contributed by atoms with Gasteiger partial charge in [-0.1, -0.05) is 24.3 Å². The van der Waals surface area contributed by atoms with Crippen LogP contribution in [0, 0.1) is 0 Å². The van der Waals surface area contributed by atoms with Gasteiger partial charge in [-0.05, 0) is 56.3 Å². The Kier molecular flexibility index (Phi) is 4.15. The second-order valence-corrected chi connectivity index (χ2v) is 9.03. The van der Waals surface area contributed by atoms with Crippen molar-refractivity contribution in [3.05, 3.63) is 72.9 Å². The van der Waals surface area contributed by atoms with Crippen LogP contribution in [0.2, 0.25) is 0 Å². The number of benzene rings is 2. The zero-order valence-corrected chi connectivity index (χ0v) is 16.0. The third-order valence-electron chi connectivity index (χ3n) is 4.44. The Bertz CT molecular complexity index is 1070. The number of rotatable bonds is 3. The number of pyridine rings is 1. The summed E-state index contributed by atoms with van der Waals surface area (Å²) < 4.78 is 32.1. The maximum atomic E-state index is 13.0. The van der Waals surface area contributed by atoms with Crippen LogP contribution in [0.15, 0.2) is 82.7 Å². The van der Waals surface area contributed by atoms with Crippen molar-refractivity contribution < 1.29 is 13.2 Å². The number of aromatic nitrogens is 1. The molecule has 0 saturated heterocycles. The van der Waals surface area contributed by atoms with E-state index in [-0.39, 0.29) is 9.79 Å². The van der Waals surface area contributed by atoms with Crippen LogP contribution in [-0.4, -0.2) is 25.5 Å². The molecule has 0 fully saturated rings. The minimum atomic E-state index is -3.61. The summed E-state index contributed by atoms with van der Waals surface area (Å²) in [6, 6.07) is 19.1. The lowest BCUT2D eigenvalue weighted by Crippen LogP contribution is -2.45. The molecule has 0 amide bonds. The van der Waals surface area contributed by atoms with E-state index >= 15 is 0 Å². The van der Waals surface area contributed by atoms with Gasteiger partial charge >= 0.3 is 0 Å². The van der Waals surface area contributed by atoms with Crippen LogP contribution in [0.4, 0.5) is 11.5 Å². The smallest absolute Gasteiger partial charge is 0.206 e. The van der Waals surface area contributed by atoms with Crippen molar-refractivity contribution in [2.24, 2.45) is 0 Å². The van der Waals surface area contributed by atoms with E-state index < -0.39 is 15.4 Å². The summed E-state index contributed by atoms with van der Waals surface area (Å²) in [7, 11) is -3.61. The molecule has 4 rings (SSSR count). The van der Waals surface area contributed by atoms with Gasteiger partial charge in [0.05, 0.1) is 22.0 Å². The second-order valence-electron chi connectivity index (χ2n) is 7.08. The second kappa shape index (κ2) is 6.39. The number of nitrogens with zero attached hydrogens (tertiary/aromatic N) is 2. The van der Waals surface area contributed by atoms with Gasteiger partial charge in [0, 0.05) is 6.20 Å². The van der Waals surface area contributed by atoms with E-state index in [0.29, 0.717) is 18.0 Å². The first kappa shape index (κ1) is 17.5. The van der Waals surface area contributed by atoms with Gasteiger partial charge in [-0.3, -0.25) is 0 Å². The highest BCUT2D eigenvalue weighted by atomic mass is 32.2. The molecule has 5 nitrogen and oxygen atoms in total. The Morgan fingerprint density at radius 3 is 2.41 bits per heavy atom. The number of ether oxygens (including phenoxy) is 1. The minimum absolute atomic E-state index is 0.233. The van der Waals surface area contributed by atoms with Crippen molar-refractivity contribution in [1.82, 2.24) is 4.98 Å². The Balaban J connectivity index is 1.85. The van der Waals surface area contributed by atoms with Crippen LogP contribution in [0.1, 0.15) is 13.8 Å². The van der Waals surface area contributed by atoms with Gasteiger partial charge in [0.25, 0.3) is 0 Å². The fourth-order valence-electron chi connectivity index (χ4n) is 3.21. The van der Waals surface area contributed by atoms with Crippen molar-refractivity contribution in [2.45, 2.75) is 29.2 Å². The highest BCUT2D eigenvalue weighted by Gasteiger charge is 2.34. The van der Waals surface area contributed by atoms with Gasteiger partial charge in [0.1, 0.15) is 17.2 Å². The molecular weight excluding hydrogens is 360 g/mol. The van der Waals surface area contributed by atoms with Crippen molar-refractivity contribution in [1.29, 1.82) is 0 Å². The first-order valence-corrected chi connectivity index (χ1v) is 10.2. The third kappa shape index (κ3) is 3.28. The maximum Gasteiger partial charge on any atom is 0.206 e. The average Bonchev–Trinajstić information content (AvgIpc) is 2.67. The van der Waals surface area contributed by atoms with Crippen molar-refractivity contribution in [3.8, 4) is 5.75 Å². The molecule has 0 atom stereocenters. The molecule has 27 heavy (non-hydrogen) atoms. The third-order valence-corrected chi connectivity index (χ3v) is 6.20. The molecular formula is C21H20N2O3S. The van der Waals surface area contributed by atoms with E-state index in [2.05, 4.69) is 4.98 Å². The Morgan fingerprint density at radius 2 is 1.70 bits per heavy atom. The highest BCUT2D eigenvalue weighted by Crippen LogP contribution is 2.42. The molecule has 0 N–H and O–H groups in total. The molecule has 1 aromatic heterocycles. The fourth-order valence-corrected chi connectivity index (χ4v) is 4.51. The van der Waals surface area contributed by atoms with Crippen LogP contribution < -0.4 is 9.64 Å². The van der Waals surface area contributed by atoms with Gasteiger partial charge in [0.15, 0.2) is 0 Å². The van der Waals surface area contributed by atoms with E-state index in [1.807, 2.05) is 36.9 Å². The van der Waals surface area contributed by atoms with Crippen LogP contribution in [0.5, 0.6) is 5.75 Å². The predicted molar refractivity (Wildman–Crippen MR) is 104 cm³/mol. The molecule has 0 radical (unpaired) electrons. The molecule has 0 saturated carbocycles. The van der Waals surface area contributed by atoms with Crippen molar-refractivity contribution in [2.75, 3.05) is 11.4 Å². The van der Waals surface area contributed by atoms with Gasteiger partial charge in [-0.2, -0.15) is 0 Å². The summed E-state index contributed by atoms with van der Waals surface area (Å²) in [6.45, 7) is 4.56. The van der Waals surface area contributed by atoms with Gasteiger partial charge in [-0.15, -0.1) is 0 Å². The molecule has 6 heteroatoms. The number of hydrogen-bond donors (Lipinski definition) is 0. The minimum Gasteiger partial charge on any atom is -0.484 e. The first-order valence-electron chi connectivity index (χ1n) is 8.69. The molecule has 0 spiro atoms. The van der Waals surface area contributed by atoms with E-state index in [1.54, 1.807) is 54.7 Å². The molecule has 0 unspecified atom stereocenters. The van der Waals surface area contributed by atoms with Crippen molar-refractivity contribution >= 4 is 21.3 Å². The molecule has 2 aromatic carbocycles. The summed E-state index contributed by atoms with van der Waals surface area (Å²) in [4.78, 5) is 6.94. The zero-order chi connectivity index (χ0) is 19.1. The fraction of sp³-hybridized carbons (Fsp3) is 0.190. The first-order chi connectivity index (χ1) is 12.9. The normalized spacial score (nSPS) is 15.7. The molecule has 138 valence electrons. The Labute approximate surface area is 159 Å². The van der Waals surface area contributed by atoms with Gasteiger partial charge < -0.3 is 9.64 Å². The summed E-state index contributed by atoms with van der Waals surface area (Å²) in [5, 5.41) is 0. The van der Waals surface area contributed by atoms with E-state index in [1.165, 1.54) is 0 Å². The molecule has 2 heterocycles. The molecule has 0 bridgehead atoms. The lowest BCUT2D eigenvalue weighted by molar-refractivity contribution is 0.108. The maximum absolute atomic E-state index is 13.0. The SMILES string of the molecule is CC1(C)CN(c2ccccn2)c2cc(S(=O)(=O)c3ccccc3)ccc2O1. The Morgan fingerprint density at radius 1 is 0.963 bits per heavy atom. The molecule has 1 aliphatic rings. The number of fused-ring (bicyclic) bond motifs is 1. The molecule has 1 aliphatic heterocycles. The molecule has 3 aromatic rings. The van der Waals surface area contributed by atoms with E-state index in [0.717, 1.165) is 5.82 Å². The summed E-state index contributed by atoms with van der Waals surface area (Å²) in [5.41, 5.74) is 0.273. The molecule has 0 aliphatic carbocycles. The van der Waals surface area contributed by atoms with Crippen LogP contribution in [0.3, 0.4) is 0 Å². The number of sulfone groups is 1. The van der Waals surface area contributed by atoms with Crippen LogP contribution in [0.25, 0.3) is 0 Å². The quantitative estimate of drug-likeness (QED) is 0.681. The van der Waals surface area contributed by atoms with E-state index in [9.17, 15) is 8.42 Å². The highest BCUT2D eigenvalue weighted by molar-refractivity contribution is 7.91. The lowest BCUT2D eigenvalue weighted by atomic mass is 10.1. The number of hydrogen-bond acceptors (Lipinski definition) is 5. The summed E-state index contributed by atoms with van der Waals surface area (Å²) >= 11 is 0. The monoisotopic (exact) mass is 380 g/mol.